The fourth-order valence-electron chi connectivity index (χ4n) is 3.96. The average molecular weight is 582 g/mol. The number of Topliss-reactive ketones (excluding diaryl/α,β-unsaturated/α-hetero) is 1. The number of carbonyl (C=O) groups excluding carboxylic acids is 2. The van der Waals surface area contributed by atoms with E-state index in [0.29, 0.717) is 46.7 Å². The predicted molar refractivity (Wildman–Crippen MR) is 153 cm³/mol. The van der Waals surface area contributed by atoms with E-state index in [1.54, 1.807) is 38.1 Å². The van der Waals surface area contributed by atoms with Crippen LogP contribution in [0.15, 0.2) is 42.5 Å². The first-order valence-corrected chi connectivity index (χ1v) is 13.4. The maximum atomic E-state index is 13.5. The molecule has 0 aliphatic carbocycles. The van der Waals surface area contributed by atoms with E-state index < -0.39 is 0 Å². The first-order chi connectivity index (χ1) is 18.1. The summed E-state index contributed by atoms with van der Waals surface area (Å²) in [4.78, 5) is 21.2. The van der Waals surface area contributed by atoms with E-state index in [1.165, 1.54) is 29.9 Å². The number of ether oxygens (including phenoxy) is 2. The molecule has 1 aliphatic heterocycles. The number of ketones is 1. The second-order valence-corrected chi connectivity index (χ2v) is 9.68. The third-order valence-electron chi connectivity index (χ3n) is 6.02. The molecular weight excluding hydrogens is 550 g/mol. The van der Waals surface area contributed by atoms with Crippen molar-refractivity contribution in [1.29, 1.82) is 0 Å². The third kappa shape index (κ3) is 8.03. The molecule has 0 spiro atoms. The van der Waals surface area contributed by atoms with Gasteiger partial charge in [0.15, 0.2) is 5.78 Å². The van der Waals surface area contributed by atoms with Crippen LogP contribution in [-0.2, 0) is 33.9 Å². The summed E-state index contributed by atoms with van der Waals surface area (Å²) in [7, 11) is 1.38. The molecule has 1 aliphatic rings. The number of hydrogen-bond acceptors (Lipinski definition) is 4. The summed E-state index contributed by atoms with van der Waals surface area (Å²) < 4.78 is 23.4. The van der Waals surface area contributed by atoms with Crippen LogP contribution in [-0.4, -0.2) is 18.9 Å². The Bertz CT molecular complexity index is 1260. The normalized spacial score (nSPS) is 11.5. The number of rotatable bonds is 5. The molecule has 3 aromatic rings. The van der Waals surface area contributed by atoms with Gasteiger partial charge in [0.2, 0.25) is 0 Å². The minimum Gasteiger partial charge on any atom is -0.469 e. The molecule has 204 valence electrons. The van der Waals surface area contributed by atoms with Crippen molar-refractivity contribution in [2.24, 2.45) is 0 Å². The van der Waals surface area contributed by atoms with Crippen molar-refractivity contribution in [2.45, 2.75) is 60.2 Å². The summed E-state index contributed by atoms with van der Waals surface area (Å²) in [6.45, 7) is 8.89. The number of halogens is 4. The predicted octanol–water partition coefficient (Wildman–Crippen LogP) is 9.20. The van der Waals surface area contributed by atoms with Crippen molar-refractivity contribution in [1.82, 2.24) is 0 Å². The van der Waals surface area contributed by atoms with Crippen LogP contribution in [0.4, 0.5) is 4.39 Å². The van der Waals surface area contributed by atoms with Gasteiger partial charge in [0, 0.05) is 18.4 Å². The van der Waals surface area contributed by atoms with Gasteiger partial charge in [0.05, 0.1) is 41.0 Å². The lowest BCUT2D eigenvalue weighted by molar-refractivity contribution is -0.140. The van der Waals surface area contributed by atoms with Crippen LogP contribution in [0.2, 0.25) is 15.1 Å². The molecule has 3 aromatic carbocycles. The lowest BCUT2D eigenvalue weighted by Gasteiger charge is -2.15. The van der Waals surface area contributed by atoms with E-state index >= 15 is 0 Å². The Morgan fingerprint density at radius 2 is 1.55 bits per heavy atom. The first kappa shape index (κ1) is 31.8. The van der Waals surface area contributed by atoms with Gasteiger partial charge in [-0.1, -0.05) is 73.8 Å². The minimum atomic E-state index is -0.282. The minimum absolute atomic E-state index is 0.0226. The summed E-state index contributed by atoms with van der Waals surface area (Å²) in [6, 6.07) is 12.2. The quantitative estimate of drug-likeness (QED) is 0.223. The summed E-state index contributed by atoms with van der Waals surface area (Å²) in [5, 5.41) is 1.32. The highest BCUT2D eigenvalue weighted by atomic mass is 35.5. The maximum absolute atomic E-state index is 13.5. The number of hydrogen-bond donors (Lipinski definition) is 0. The fourth-order valence-corrected chi connectivity index (χ4v) is 4.89. The summed E-state index contributed by atoms with van der Waals surface area (Å²) in [5.74, 6) is -0.462. The molecule has 0 aromatic heterocycles. The van der Waals surface area contributed by atoms with E-state index in [2.05, 4.69) is 23.8 Å². The number of fused-ring (bicyclic) bond motifs is 1. The zero-order valence-electron chi connectivity index (χ0n) is 22.2. The Morgan fingerprint density at radius 1 is 0.921 bits per heavy atom. The number of esters is 1. The van der Waals surface area contributed by atoms with Crippen LogP contribution in [0.25, 0.3) is 11.1 Å². The number of carbonyl (C=O) groups is 2. The molecule has 0 saturated carbocycles. The van der Waals surface area contributed by atoms with Crippen molar-refractivity contribution >= 4 is 46.6 Å². The van der Waals surface area contributed by atoms with E-state index in [9.17, 15) is 14.0 Å². The molecular formula is C30H32Cl3FO4. The SMILES string of the molecule is CCC(=O)OC.CCC(=O)c1c(Cl)cccc1Cl.CCc1cc(F)cc(Cl)c1-c1ccc(C)c2c1COC2. The number of benzene rings is 3. The highest BCUT2D eigenvalue weighted by Crippen LogP contribution is 2.39. The van der Waals surface area contributed by atoms with Crippen LogP contribution >= 0.6 is 34.8 Å². The first-order valence-electron chi connectivity index (χ1n) is 12.3. The average Bonchev–Trinajstić information content (AvgIpc) is 3.40. The zero-order valence-corrected chi connectivity index (χ0v) is 24.5. The Hall–Kier alpha value is -2.44. The summed E-state index contributed by atoms with van der Waals surface area (Å²) >= 11 is 17.9. The van der Waals surface area contributed by atoms with Crippen molar-refractivity contribution in [3.8, 4) is 11.1 Å². The fraction of sp³-hybridized carbons (Fsp3) is 0.333. The monoisotopic (exact) mass is 580 g/mol. The van der Waals surface area contributed by atoms with E-state index in [0.717, 1.165) is 23.1 Å². The Labute approximate surface area is 239 Å². The zero-order chi connectivity index (χ0) is 28.4. The van der Waals surface area contributed by atoms with Gasteiger partial charge in [0.25, 0.3) is 0 Å². The van der Waals surface area contributed by atoms with Crippen molar-refractivity contribution in [3.63, 3.8) is 0 Å². The molecule has 0 unspecified atom stereocenters. The molecule has 8 heteroatoms. The highest BCUT2D eigenvalue weighted by Gasteiger charge is 2.21. The van der Waals surface area contributed by atoms with Crippen LogP contribution in [0, 0.1) is 12.7 Å². The second kappa shape index (κ2) is 15.2. The standard InChI is InChI=1S/C17H16ClFO.C9H8Cl2O.C4H8O2/c1-3-11-6-12(19)7-16(18)17(11)13-5-4-10(2)14-8-20-9-15(13)14;1-2-8(12)9-6(10)4-3-5-7(9)11;1-3-4(5)6-2/h4-7H,3,8-9H2,1-2H3;3-5H,2H2,1H3;3H2,1-2H3. The Morgan fingerprint density at radius 3 is 2.08 bits per heavy atom. The molecule has 4 nitrogen and oxygen atoms in total. The second-order valence-electron chi connectivity index (χ2n) is 8.46. The van der Waals surface area contributed by atoms with Gasteiger partial charge in [-0.05, 0) is 65.4 Å². The molecule has 0 radical (unpaired) electrons. The molecule has 0 atom stereocenters. The number of aryl methyl sites for hydroxylation is 2. The molecule has 0 saturated heterocycles. The largest absolute Gasteiger partial charge is 0.469 e. The van der Waals surface area contributed by atoms with Gasteiger partial charge in [0.1, 0.15) is 5.82 Å². The number of methoxy groups -OCH3 is 1. The van der Waals surface area contributed by atoms with Crippen LogP contribution in [0.1, 0.15) is 66.2 Å². The molecule has 38 heavy (non-hydrogen) atoms. The third-order valence-corrected chi connectivity index (χ3v) is 6.95. The molecule has 1 heterocycles. The summed E-state index contributed by atoms with van der Waals surface area (Å²) in [6.07, 6.45) is 1.64. The highest BCUT2D eigenvalue weighted by molar-refractivity contribution is 6.39. The molecule has 4 rings (SSSR count). The Kier molecular flexibility index (Phi) is 12.7. The Balaban J connectivity index is 0.000000239. The van der Waals surface area contributed by atoms with Crippen LogP contribution in [0.3, 0.4) is 0 Å². The smallest absolute Gasteiger partial charge is 0.305 e. The van der Waals surface area contributed by atoms with E-state index in [4.69, 9.17) is 39.5 Å². The lowest BCUT2D eigenvalue weighted by atomic mass is 9.90. The van der Waals surface area contributed by atoms with Crippen molar-refractivity contribution < 1.29 is 23.5 Å². The summed E-state index contributed by atoms with van der Waals surface area (Å²) in [5.41, 5.74) is 7.05. The molecule has 0 bridgehead atoms. The molecule has 0 N–H and O–H groups in total. The van der Waals surface area contributed by atoms with Crippen LogP contribution in [0.5, 0.6) is 0 Å². The lowest BCUT2D eigenvalue weighted by Crippen LogP contribution is -1.98. The van der Waals surface area contributed by atoms with E-state index in [1.807, 2.05) is 6.92 Å². The van der Waals surface area contributed by atoms with E-state index in [-0.39, 0.29) is 17.6 Å². The maximum Gasteiger partial charge on any atom is 0.305 e. The van der Waals surface area contributed by atoms with Crippen LogP contribution < -0.4 is 0 Å². The topological polar surface area (TPSA) is 52.6 Å². The van der Waals surface area contributed by atoms with Crippen molar-refractivity contribution in [2.75, 3.05) is 7.11 Å². The van der Waals surface area contributed by atoms with Gasteiger partial charge in [-0.2, -0.15) is 0 Å². The van der Waals surface area contributed by atoms with Gasteiger partial charge in [-0.25, -0.2) is 4.39 Å². The van der Waals surface area contributed by atoms with Gasteiger partial charge < -0.3 is 9.47 Å². The van der Waals surface area contributed by atoms with Gasteiger partial charge in [-0.3, -0.25) is 9.59 Å². The molecule has 0 amide bonds. The molecule has 0 fully saturated rings. The van der Waals surface area contributed by atoms with Crippen molar-refractivity contribution in [3.05, 3.63) is 91.2 Å². The van der Waals surface area contributed by atoms with Gasteiger partial charge in [-0.15, -0.1) is 0 Å². The van der Waals surface area contributed by atoms with Gasteiger partial charge >= 0.3 is 5.97 Å².